The average Bonchev–Trinajstić information content (AvgIpc) is 3.42. The number of rotatable bonds is 7. The number of aromatic nitrogens is 3. The number of benzene rings is 3. The molecule has 0 unspecified atom stereocenters. The van der Waals surface area contributed by atoms with Crippen LogP contribution in [0.1, 0.15) is 54.9 Å². The van der Waals surface area contributed by atoms with E-state index in [0.29, 0.717) is 39.9 Å². The van der Waals surface area contributed by atoms with Crippen molar-refractivity contribution in [1.82, 2.24) is 20.1 Å². The van der Waals surface area contributed by atoms with Crippen molar-refractivity contribution in [3.63, 3.8) is 0 Å². The van der Waals surface area contributed by atoms with Gasteiger partial charge in [-0.05, 0) is 55.6 Å². The van der Waals surface area contributed by atoms with Crippen LogP contribution in [0.5, 0.6) is 0 Å². The van der Waals surface area contributed by atoms with Crippen LogP contribution in [0.25, 0.3) is 16.5 Å². The summed E-state index contributed by atoms with van der Waals surface area (Å²) in [5.41, 5.74) is 3.93. The topological polar surface area (TPSA) is 130 Å². The number of carbonyl (C=O) groups is 3. The van der Waals surface area contributed by atoms with Gasteiger partial charge in [0.15, 0.2) is 5.78 Å². The first-order valence-corrected chi connectivity index (χ1v) is 14.4. The van der Waals surface area contributed by atoms with Crippen molar-refractivity contribution in [3.8, 4) is 5.69 Å². The standard InChI is InChI=1S/C34H35N7O3/c1-6-35-32(43)38-29-19-22(17-18-36-29)31(42)26-15-16-27(25-10-8-7-9-24(25)26)37-33(44)39-30-20-28(34(3,4)5)40-41(30)23-13-11-21(2)12-14-23/h7-20H,6H2,1-5H3,(H2,37,39,44)(H2,35,36,38,43). The third-order valence-corrected chi connectivity index (χ3v) is 7.02. The van der Waals surface area contributed by atoms with Crippen LogP contribution >= 0.6 is 0 Å². The molecule has 224 valence electrons. The minimum Gasteiger partial charge on any atom is -0.338 e. The van der Waals surface area contributed by atoms with Crippen LogP contribution in [-0.4, -0.2) is 39.2 Å². The van der Waals surface area contributed by atoms with Crippen molar-refractivity contribution in [2.45, 2.75) is 40.0 Å². The van der Waals surface area contributed by atoms with Gasteiger partial charge in [-0.1, -0.05) is 62.7 Å². The number of anilines is 3. The third-order valence-electron chi connectivity index (χ3n) is 7.02. The average molecular weight is 590 g/mol. The predicted molar refractivity (Wildman–Crippen MR) is 174 cm³/mol. The Hall–Kier alpha value is -5.51. The molecule has 5 aromatic rings. The quantitative estimate of drug-likeness (QED) is 0.151. The number of ketones is 1. The van der Waals surface area contributed by atoms with Gasteiger partial charge in [-0.25, -0.2) is 19.3 Å². The zero-order chi connectivity index (χ0) is 31.4. The van der Waals surface area contributed by atoms with E-state index in [4.69, 9.17) is 5.10 Å². The second-order valence-corrected chi connectivity index (χ2v) is 11.4. The molecular weight excluding hydrogens is 554 g/mol. The summed E-state index contributed by atoms with van der Waals surface area (Å²) in [7, 11) is 0. The fraction of sp³-hybridized carbons (Fsp3) is 0.206. The van der Waals surface area contributed by atoms with Gasteiger partial charge in [0.25, 0.3) is 0 Å². The molecule has 0 saturated carbocycles. The Morgan fingerprint density at radius 3 is 2.25 bits per heavy atom. The normalized spacial score (nSPS) is 11.2. The summed E-state index contributed by atoms with van der Waals surface area (Å²) in [6.07, 6.45) is 1.48. The summed E-state index contributed by atoms with van der Waals surface area (Å²) in [5, 5.41) is 17.3. The lowest BCUT2D eigenvalue weighted by molar-refractivity contribution is 0.104. The van der Waals surface area contributed by atoms with Crippen molar-refractivity contribution in [3.05, 3.63) is 107 Å². The maximum Gasteiger partial charge on any atom is 0.324 e. The van der Waals surface area contributed by atoms with Gasteiger partial charge in [-0.3, -0.25) is 15.4 Å². The molecule has 44 heavy (non-hydrogen) atoms. The van der Waals surface area contributed by atoms with E-state index in [1.165, 1.54) is 12.3 Å². The Morgan fingerprint density at radius 2 is 1.55 bits per heavy atom. The van der Waals surface area contributed by atoms with Crippen molar-refractivity contribution in [1.29, 1.82) is 0 Å². The summed E-state index contributed by atoms with van der Waals surface area (Å²) in [4.78, 5) is 43.0. The van der Waals surface area contributed by atoms with E-state index in [1.807, 2.05) is 68.4 Å². The van der Waals surface area contributed by atoms with Gasteiger partial charge in [0.2, 0.25) is 0 Å². The van der Waals surface area contributed by atoms with Crippen molar-refractivity contribution >= 4 is 45.9 Å². The molecule has 0 saturated heterocycles. The van der Waals surface area contributed by atoms with Crippen LogP contribution in [0.4, 0.5) is 26.9 Å². The minimum absolute atomic E-state index is 0.227. The Morgan fingerprint density at radius 1 is 0.818 bits per heavy atom. The number of aryl methyl sites for hydroxylation is 1. The van der Waals surface area contributed by atoms with Crippen molar-refractivity contribution in [2.24, 2.45) is 0 Å². The number of urea groups is 2. The van der Waals surface area contributed by atoms with Crippen LogP contribution in [-0.2, 0) is 5.41 Å². The molecular formula is C34H35N7O3. The first kappa shape index (κ1) is 30.0. The van der Waals surface area contributed by atoms with Crippen LogP contribution in [0.3, 0.4) is 0 Å². The second kappa shape index (κ2) is 12.4. The monoisotopic (exact) mass is 589 g/mol. The summed E-state index contributed by atoms with van der Waals surface area (Å²) in [6.45, 7) is 10.5. The largest absolute Gasteiger partial charge is 0.338 e. The Balaban J connectivity index is 1.42. The summed E-state index contributed by atoms with van der Waals surface area (Å²) < 4.78 is 1.73. The Kier molecular flexibility index (Phi) is 8.43. The Bertz CT molecular complexity index is 1850. The summed E-state index contributed by atoms with van der Waals surface area (Å²) in [6, 6.07) is 22.9. The molecule has 0 spiro atoms. The van der Waals surface area contributed by atoms with Crippen LogP contribution in [0.2, 0.25) is 0 Å². The molecule has 0 aliphatic rings. The number of carbonyl (C=O) groups excluding carboxylic acids is 3. The van der Waals surface area contributed by atoms with Crippen LogP contribution in [0.15, 0.2) is 85.1 Å². The van der Waals surface area contributed by atoms with E-state index < -0.39 is 12.1 Å². The molecule has 5 rings (SSSR count). The molecule has 10 heteroatoms. The molecule has 0 radical (unpaired) electrons. The van der Waals surface area contributed by atoms with Gasteiger partial charge >= 0.3 is 12.1 Å². The maximum atomic E-state index is 13.6. The van der Waals surface area contributed by atoms with E-state index in [2.05, 4.69) is 47.0 Å². The fourth-order valence-electron chi connectivity index (χ4n) is 4.71. The molecule has 10 nitrogen and oxygen atoms in total. The van der Waals surface area contributed by atoms with Gasteiger partial charge in [-0.15, -0.1) is 0 Å². The van der Waals surface area contributed by atoms with Gasteiger partial charge in [-0.2, -0.15) is 5.10 Å². The molecule has 0 fully saturated rings. The number of nitrogens with zero attached hydrogens (tertiary/aromatic N) is 3. The molecule has 2 aromatic heterocycles. The van der Waals surface area contributed by atoms with Gasteiger partial charge in [0.05, 0.1) is 17.1 Å². The number of fused-ring (bicyclic) bond motifs is 1. The van der Waals surface area contributed by atoms with Gasteiger partial charge in [0.1, 0.15) is 11.6 Å². The zero-order valence-electron chi connectivity index (χ0n) is 25.4. The number of pyridine rings is 1. The van der Waals surface area contributed by atoms with E-state index in [-0.39, 0.29) is 17.0 Å². The van der Waals surface area contributed by atoms with E-state index in [9.17, 15) is 14.4 Å². The number of amides is 4. The second-order valence-electron chi connectivity index (χ2n) is 11.4. The smallest absolute Gasteiger partial charge is 0.324 e. The SMILES string of the molecule is CCNC(=O)Nc1cc(C(=O)c2ccc(NC(=O)Nc3cc(C(C)(C)C)nn3-c3ccc(C)cc3)c3ccccc23)ccn1. The maximum absolute atomic E-state index is 13.6. The lowest BCUT2D eigenvalue weighted by Gasteiger charge is -2.14. The fourth-order valence-corrected chi connectivity index (χ4v) is 4.71. The molecule has 0 aliphatic heterocycles. The first-order chi connectivity index (χ1) is 21.0. The van der Waals surface area contributed by atoms with Crippen LogP contribution < -0.4 is 21.3 Å². The number of hydrogen-bond donors (Lipinski definition) is 4. The third kappa shape index (κ3) is 6.59. The highest BCUT2D eigenvalue weighted by molar-refractivity contribution is 6.19. The molecule has 4 N–H and O–H groups in total. The number of nitrogens with one attached hydrogen (secondary N) is 4. The lowest BCUT2D eigenvalue weighted by atomic mass is 9.92. The van der Waals surface area contributed by atoms with Crippen molar-refractivity contribution < 1.29 is 14.4 Å². The van der Waals surface area contributed by atoms with Gasteiger partial charge < -0.3 is 10.6 Å². The molecule has 4 amide bonds. The molecule has 3 aromatic carbocycles. The summed E-state index contributed by atoms with van der Waals surface area (Å²) >= 11 is 0. The first-order valence-electron chi connectivity index (χ1n) is 14.4. The van der Waals surface area contributed by atoms with Crippen molar-refractivity contribution in [2.75, 3.05) is 22.5 Å². The van der Waals surface area contributed by atoms with E-state index >= 15 is 0 Å². The minimum atomic E-state index is -0.446. The highest BCUT2D eigenvalue weighted by atomic mass is 16.2. The number of hydrogen-bond acceptors (Lipinski definition) is 5. The Labute approximate surface area is 255 Å². The van der Waals surface area contributed by atoms with E-state index in [1.54, 1.807) is 22.9 Å². The highest BCUT2D eigenvalue weighted by Gasteiger charge is 2.22. The highest BCUT2D eigenvalue weighted by Crippen LogP contribution is 2.30. The molecule has 0 atom stereocenters. The molecule has 0 aliphatic carbocycles. The van der Waals surface area contributed by atoms with E-state index in [0.717, 1.165) is 16.9 Å². The zero-order valence-corrected chi connectivity index (χ0v) is 25.4. The molecule has 2 heterocycles. The lowest BCUT2D eigenvalue weighted by Crippen LogP contribution is -2.28. The predicted octanol–water partition coefficient (Wildman–Crippen LogP) is 7.04. The van der Waals surface area contributed by atoms with Gasteiger partial charge in [0, 0.05) is 40.7 Å². The summed E-state index contributed by atoms with van der Waals surface area (Å²) in [5.74, 6) is 0.554. The van der Waals surface area contributed by atoms with Crippen LogP contribution in [0, 0.1) is 6.92 Å². The molecule has 0 bridgehead atoms.